The molecule has 0 saturated carbocycles. The van der Waals surface area contributed by atoms with E-state index < -0.39 is 0 Å². The molecule has 2 heterocycles. The Labute approximate surface area is 163 Å². The van der Waals surface area contributed by atoms with Gasteiger partial charge in [0.2, 0.25) is 0 Å². The number of rotatable bonds is 8. The van der Waals surface area contributed by atoms with Crippen molar-refractivity contribution in [3.05, 3.63) is 70.4 Å². The van der Waals surface area contributed by atoms with E-state index in [9.17, 15) is 4.79 Å². The van der Waals surface area contributed by atoms with Crippen molar-refractivity contribution in [2.45, 2.75) is 33.4 Å². The number of hydrogen-bond acceptors (Lipinski definition) is 4. The number of nitrogens with zero attached hydrogens (tertiary/aromatic N) is 2. The molecular formula is C20H22ClN3O3. The molecule has 0 aliphatic carbocycles. The van der Waals surface area contributed by atoms with Gasteiger partial charge in [0, 0.05) is 30.0 Å². The van der Waals surface area contributed by atoms with Gasteiger partial charge in [0.25, 0.3) is 5.91 Å². The van der Waals surface area contributed by atoms with E-state index in [1.807, 2.05) is 36.7 Å². The quantitative estimate of drug-likeness (QED) is 0.589. The lowest BCUT2D eigenvalue weighted by atomic mass is 10.2. The summed E-state index contributed by atoms with van der Waals surface area (Å²) < 4.78 is 13.2. The Kier molecular flexibility index (Phi) is 6.19. The van der Waals surface area contributed by atoms with E-state index in [-0.39, 0.29) is 18.3 Å². The largest absolute Gasteiger partial charge is 0.485 e. The zero-order valence-electron chi connectivity index (χ0n) is 15.4. The van der Waals surface area contributed by atoms with Gasteiger partial charge in [0.1, 0.15) is 18.1 Å². The molecule has 0 spiro atoms. The van der Waals surface area contributed by atoms with Crippen LogP contribution in [0.3, 0.4) is 0 Å². The summed E-state index contributed by atoms with van der Waals surface area (Å²) in [5, 5.41) is 7.73. The number of benzene rings is 1. The zero-order valence-corrected chi connectivity index (χ0v) is 16.1. The molecule has 1 amide bonds. The predicted molar refractivity (Wildman–Crippen MR) is 103 cm³/mol. The molecule has 3 aromatic rings. The Morgan fingerprint density at radius 2 is 2.11 bits per heavy atom. The highest BCUT2D eigenvalue weighted by atomic mass is 35.5. The first kappa shape index (κ1) is 19.0. The first-order valence-electron chi connectivity index (χ1n) is 8.77. The SMILES string of the molecule is Cc1cc(Cl)ccc1OCc1ccc(C(=O)NCCCn2nccc2C)o1. The molecule has 0 unspecified atom stereocenters. The molecule has 27 heavy (non-hydrogen) atoms. The molecule has 0 aliphatic heterocycles. The predicted octanol–water partition coefficient (Wildman–Crippen LogP) is 4.15. The molecule has 7 heteroatoms. The van der Waals surface area contributed by atoms with Crippen molar-refractivity contribution >= 4 is 17.5 Å². The van der Waals surface area contributed by atoms with Crippen LogP contribution in [0.15, 0.2) is 47.0 Å². The summed E-state index contributed by atoms with van der Waals surface area (Å²) >= 11 is 5.94. The second-order valence-corrected chi connectivity index (χ2v) is 6.71. The van der Waals surface area contributed by atoms with Crippen molar-refractivity contribution in [3.8, 4) is 5.75 Å². The minimum absolute atomic E-state index is 0.235. The van der Waals surface area contributed by atoms with Crippen molar-refractivity contribution in [2.24, 2.45) is 0 Å². The minimum atomic E-state index is -0.235. The van der Waals surface area contributed by atoms with E-state index in [0.717, 1.165) is 30.0 Å². The number of carbonyl (C=O) groups excluding carboxylic acids is 1. The third-order valence-electron chi connectivity index (χ3n) is 4.15. The second-order valence-electron chi connectivity index (χ2n) is 6.27. The molecule has 0 atom stereocenters. The van der Waals surface area contributed by atoms with Gasteiger partial charge >= 0.3 is 0 Å². The maximum Gasteiger partial charge on any atom is 0.286 e. The molecule has 1 aromatic carbocycles. The average molecular weight is 388 g/mol. The van der Waals surface area contributed by atoms with Crippen molar-refractivity contribution in [1.82, 2.24) is 15.1 Å². The van der Waals surface area contributed by atoms with Crippen LogP contribution < -0.4 is 10.1 Å². The monoisotopic (exact) mass is 387 g/mol. The Hall–Kier alpha value is -2.73. The Bertz CT molecular complexity index is 917. The number of ether oxygens (including phenoxy) is 1. The zero-order chi connectivity index (χ0) is 19.2. The fourth-order valence-electron chi connectivity index (χ4n) is 2.65. The smallest absolute Gasteiger partial charge is 0.286 e. The van der Waals surface area contributed by atoms with Gasteiger partial charge in [-0.3, -0.25) is 9.48 Å². The third kappa shape index (κ3) is 5.14. The molecule has 0 fully saturated rings. The van der Waals surface area contributed by atoms with E-state index in [0.29, 0.717) is 17.3 Å². The van der Waals surface area contributed by atoms with Gasteiger partial charge in [0.15, 0.2) is 5.76 Å². The number of carbonyl (C=O) groups is 1. The van der Waals surface area contributed by atoms with Crippen molar-refractivity contribution in [2.75, 3.05) is 6.54 Å². The Morgan fingerprint density at radius 1 is 1.26 bits per heavy atom. The summed E-state index contributed by atoms with van der Waals surface area (Å²) in [6, 6.07) is 10.8. The average Bonchev–Trinajstić information content (AvgIpc) is 3.27. The van der Waals surface area contributed by atoms with Crippen LogP contribution in [0.4, 0.5) is 0 Å². The molecular weight excluding hydrogens is 366 g/mol. The molecule has 0 saturated heterocycles. The van der Waals surface area contributed by atoms with Crippen LogP contribution in [-0.2, 0) is 13.2 Å². The highest BCUT2D eigenvalue weighted by Gasteiger charge is 2.11. The van der Waals surface area contributed by atoms with E-state index in [1.54, 1.807) is 24.4 Å². The van der Waals surface area contributed by atoms with E-state index in [4.69, 9.17) is 20.8 Å². The highest BCUT2D eigenvalue weighted by molar-refractivity contribution is 6.30. The van der Waals surface area contributed by atoms with Crippen LogP contribution in [0.1, 0.15) is 34.0 Å². The summed E-state index contributed by atoms with van der Waals surface area (Å²) in [5.74, 6) is 1.36. The molecule has 1 N–H and O–H groups in total. The van der Waals surface area contributed by atoms with Gasteiger partial charge in [-0.15, -0.1) is 0 Å². The normalized spacial score (nSPS) is 10.8. The second kappa shape index (κ2) is 8.77. The number of hydrogen-bond donors (Lipinski definition) is 1. The first-order chi connectivity index (χ1) is 13.0. The molecule has 6 nitrogen and oxygen atoms in total. The summed E-state index contributed by atoms with van der Waals surface area (Å²) in [6.07, 6.45) is 2.56. The fraction of sp³-hybridized carbons (Fsp3) is 0.300. The van der Waals surface area contributed by atoms with Crippen molar-refractivity contribution < 1.29 is 13.9 Å². The maximum atomic E-state index is 12.2. The number of nitrogens with one attached hydrogen (secondary N) is 1. The van der Waals surface area contributed by atoms with Gasteiger partial charge in [-0.2, -0.15) is 5.10 Å². The molecule has 3 rings (SSSR count). The Balaban J connectivity index is 1.45. The van der Waals surface area contributed by atoms with Crippen molar-refractivity contribution in [1.29, 1.82) is 0 Å². The fourth-order valence-corrected chi connectivity index (χ4v) is 2.88. The van der Waals surface area contributed by atoms with Crippen LogP contribution in [0.5, 0.6) is 5.75 Å². The summed E-state index contributed by atoms with van der Waals surface area (Å²) in [4.78, 5) is 12.2. The number of halogens is 1. The third-order valence-corrected chi connectivity index (χ3v) is 4.39. The van der Waals surface area contributed by atoms with E-state index in [2.05, 4.69) is 10.4 Å². The van der Waals surface area contributed by atoms with E-state index in [1.165, 1.54) is 0 Å². The van der Waals surface area contributed by atoms with Crippen LogP contribution in [0.25, 0.3) is 0 Å². The van der Waals surface area contributed by atoms with Gasteiger partial charge in [0.05, 0.1) is 0 Å². The van der Waals surface area contributed by atoms with Crippen LogP contribution in [-0.4, -0.2) is 22.2 Å². The van der Waals surface area contributed by atoms with Crippen LogP contribution in [0, 0.1) is 13.8 Å². The number of aryl methyl sites for hydroxylation is 3. The van der Waals surface area contributed by atoms with Gasteiger partial charge in [-0.1, -0.05) is 11.6 Å². The molecule has 0 bridgehead atoms. The highest BCUT2D eigenvalue weighted by Crippen LogP contribution is 2.23. The number of aromatic nitrogens is 2. The van der Waals surface area contributed by atoms with Crippen LogP contribution in [0.2, 0.25) is 5.02 Å². The lowest BCUT2D eigenvalue weighted by molar-refractivity contribution is 0.0920. The lowest BCUT2D eigenvalue weighted by Gasteiger charge is -2.08. The van der Waals surface area contributed by atoms with Gasteiger partial charge in [-0.05, 0) is 62.2 Å². The summed E-state index contributed by atoms with van der Waals surface area (Å²) in [6.45, 7) is 5.48. The first-order valence-corrected chi connectivity index (χ1v) is 9.15. The molecule has 0 radical (unpaired) electrons. The summed E-state index contributed by atoms with van der Waals surface area (Å²) in [5.41, 5.74) is 2.05. The summed E-state index contributed by atoms with van der Waals surface area (Å²) in [7, 11) is 0. The molecule has 0 aliphatic rings. The molecule has 2 aromatic heterocycles. The van der Waals surface area contributed by atoms with Gasteiger partial charge in [-0.25, -0.2) is 0 Å². The van der Waals surface area contributed by atoms with Crippen molar-refractivity contribution in [3.63, 3.8) is 0 Å². The van der Waals surface area contributed by atoms with E-state index >= 15 is 0 Å². The standard InChI is InChI=1S/C20H22ClN3O3/c1-14-12-16(21)4-6-18(14)26-13-17-5-7-19(27-17)20(25)22-9-3-11-24-15(2)8-10-23-24/h4-8,10,12H,3,9,11,13H2,1-2H3,(H,22,25). The number of furan rings is 1. The Morgan fingerprint density at radius 3 is 2.85 bits per heavy atom. The molecule has 142 valence electrons. The maximum absolute atomic E-state index is 12.2. The number of amides is 1. The minimum Gasteiger partial charge on any atom is -0.485 e. The topological polar surface area (TPSA) is 69.3 Å². The lowest BCUT2D eigenvalue weighted by Crippen LogP contribution is -2.25. The van der Waals surface area contributed by atoms with Crippen LogP contribution >= 0.6 is 11.6 Å². The van der Waals surface area contributed by atoms with Gasteiger partial charge < -0.3 is 14.5 Å².